The van der Waals surface area contributed by atoms with Crippen molar-refractivity contribution in [1.29, 1.82) is 0 Å². The van der Waals surface area contributed by atoms with Crippen LogP contribution in [0.25, 0.3) is 11.3 Å². The van der Waals surface area contributed by atoms with Gasteiger partial charge in [0.05, 0.1) is 11.9 Å². The molecular formula is C11H6F4N2O2. The molecule has 0 saturated heterocycles. The van der Waals surface area contributed by atoms with Crippen LogP contribution in [-0.4, -0.2) is 16.3 Å². The molecule has 2 rings (SSSR count). The van der Waals surface area contributed by atoms with Gasteiger partial charge in [0, 0.05) is 5.56 Å². The number of H-pyrrole nitrogens is 1. The van der Waals surface area contributed by atoms with Gasteiger partial charge >= 0.3 is 12.1 Å². The number of ether oxygens (including phenoxy) is 1. The Kier molecular flexibility index (Phi) is 3.24. The van der Waals surface area contributed by atoms with Gasteiger partial charge in [0.25, 0.3) is 0 Å². The summed E-state index contributed by atoms with van der Waals surface area (Å²) < 4.78 is 53.9. The molecule has 4 nitrogen and oxygen atoms in total. The van der Waals surface area contributed by atoms with Gasteiger partial charge in [0.1, 0.15) is 5.75 Å². The van der Waals surface area contributed by atoms with E-state index < -0.39 is 29.3 Å². The van der Waals surface area contributed by atoms with E-state index in [0.717, 1.165) is 6.07 Å². The molecule has 0 radical (unpaired) electrons. The molecule has 1 aromatic heterocycles. The van der Waals surface area contributed by atoms with E-state index in [9.17, 15) is 22.4 Å². The average Bonchev–Trinajstić information content (AvgIpc) is 2.31. The van der Waals surface area contributed by atoms with E-state index in [2.05, 4.69) is 9.72 Å². The van der Waals surface area contributed by atoms with Crippen LogP contribution in [0.1, 0.15) is 0 Å². The highest BCUT2D eigenvalue weighted by Gasteiger charge is 2.32. The van der Waals surface area contributed by atoms with E-state index in [1.807, 2.05) is 4.98 Å². The SMILES string of the molecule is O=c1ncc(F)c(-c2ccccc2OC(F)(F)F)[nH]1. The third-order valence-corrected chi connectivity index (χ3v) is 2.15. The second-order valence-corrected chi connectivity index (χ2v) is 3.46. The molecule has 100 valence electrons. The van der Waals surface area contributed by atoms with Crippen molar-refractivity contribution in [3.05, 3.63) is 46.8 Å². The Hall–Kier alpha value is -2.38. The number of halogens is 4. The Balaban J connectivity index is 2.56. The molecule has 8 heteroatoms. The fourth-order valence-corrected chi connectivity index (χ4v) is 1.46. The Morgan fingerprint density at radius 3 is 2.58 bits per heavy atom. The van der Waals surface area contributed by atoms with Crippen LogP contribution in [0.2, 0.25) is 0 Å². The summed E-state index contributed by atoms with van der Waals surface area (Å²) in [5.74, 6) is -1.58. The maximum atomic E-state index is 13.5. The molecule has 0 bridgehead atoms. The zero-order chi connectivity index (χ0) is 14.0. The lowest BCUT2D eigenvalue weighted by atomic mass is 10.1. The highest BCUT2D eigenvalue weighted by molar-refractivity contribution is 5.67. The van der Waals surface area contributed by atoms with E-state index in [1.54, 1.807) is 0 Å². The lowest BCUT2D eigenvalue weighted by molar-refractivity contribution is -0.274. The molecule has 0 spiro atoms. The molecule has 1 N–H and O–H groups in total. The number of para-hydroxylation sites is 1. The minimum atomic E-state index is -4.92. The van der Waals surface area contributed by atoms with Crippen molar-refractivity contribution >= 4 is 0 Å². The van der Waals surface area contributed by atoms with Crippen molar-refractivity contribution in [2.75, 3.05) is 0 Å². The van der Waals surface area contributed by atoms with Crippen molar-refractivity contribution in [2.45, 2.75) is 6.36 Å². The number of hydrogen-bond donors (Lipinski definition) is 1. The molecule has 0 aliphatic carbocycles. The molecule has 0 unspecified atom stereocenters. The van der Waals surface area contributed by atoms with Crippen LogP contribution in [0.3, 0.4) is 0 Å². The summed E-state index contributed by atoms with van der Waals surface area (Å²) in [4.78, 5) is 16.2. The normalized spacial score (nSPS) is 11.4. The van der Waals surface area contributed by atoms with E-state index >= 15 is 0 Å². The molecule has 19 heavy (non-hydrogen) atoms. The highest BCUT2D eigenvalue weighted by atomic mass is 19.4. The quantitative estimate of drug-likeness (QED) is 0.856. The molecule has 0 fully saturated rings. The Morgan fingerprint density at radius 2 is 1.89 bits per heavy atom. The first-order chi connectivity index (χ1) is 8.87. The summed E-state index contributed by atoms with van der Waals surface area (Å²) in [7, 11) is 0. The molecular weight excluding hydrogens is 268 g/mol. The minimum absolute atomic E-state index is 0.225. The number of nitrogens with one attached hydrogen (secondary N) is 1. The average molecular weight is 274 g/mol. The van der Waals surface area contributed by atoms with Crippen molar-refractivity contribution in [3.63, 3.8) is 0 Å². The monoisotopic (exact) mass is 274 g/mol. The maximum absolute atomic E-state index is 13.5. The Labute approximate surface area is 103 Å². The lowest BCUT2D eigenvalue weighted by Gasteiger charge is -2.13. The predicted molar refractivity (Wildman–Crippen MR) is 56.9 cm³/mol. The van der Waals surface area contributed by atoms with Crippen molar-refractivity contribution in [2.24, 2.45) is 0 Å². The van der Waals surface area contributed by atoms with Crippen LogP contribution < -0.4 is 10.4 Å². The first-order valence-corrected chi connectivity index (χ1v) is 4.97. The number of aromatic nitrogens is 2. The molecule has 0 aliphatic rings. The van der Waals surface area contributed by atoms with Gasteiger partial charge in [0.15, 0.2) is 5.82 Å². The molecule has 2 aromatic rings. The fourth-order valence-electron chi connectivity index (χ4n) is 1.46. The van der Waals surface area contributed by atoms with Crippen LogP contribution in [0.4, 0.5) is 17.6 Å². The second kappa shape index (κ2) is 4.71. The van der Waals surface area contributed by atoms with Gasteiger partial charge in [-0.25, -0.2) is 9.18 Å². The van der Waals surface area contributed by atoms with Gasteiger partial charge in [-0.2, -0.15) is 4.98 Å². The largest absolute Gasteiger partial charge is 0.573 e. The number of rotatable bonds is 2. The van der Waals surface area contributed by atoms with Gasteiger partial charge in [-0.15, -0.1) is 13.2 Å². The van der Waals surface area contributed by atoms with Crippen LogP contribution in [0.5, 0.6) is 5.75 Å². The highest BCUT2D eigenvalue weighted by Crippen LogP contribution is 2.33. The van der Waals surface area contributed by atoms with E-state index in [0.29, 0.717) is 6.20 Å². The topological polar surface area (TPSA) is 55.0 Å². The Morgan fingerprint density at radius 1 is 1.21 bits per heavy atom. The smallest absolute Gasteiger partial charge is 0.405 e. The zero-order valence-corrected chi connectivity index (χ0v) is 9.16. The predicted octanol–water partition coefficient (Wildman–Crippen LogP) is 2.47. The summed E-state index contributed by atoms with van der Waals surface area (Å²) in [6, 6.07) is 4.88. The van der Waals surface area contributed by atoms with Gasteiger partial charge < -0.3 is 9.72 Å². The van der Waals surface area contributed by atoms with E-state index in [-0.39, 0.29) is 5.56 Å². The van der Waals surface area contributed by atoms with Crippen molar-refractivity contribution in [3.8, 4) is 17.0 Å². The number of aromatic amines is 1. The zero-order valence-electron chi connectivity index (χ0n) is 9.16. The summed E-state index contributed by atoms with van der Waals surface area (Å²) >= 11 is 0. The first-order valence-electron chi connectivity index (χ1n) is 4.97. The Bertz CT molecular complexity index is 652. The van der Waals surface area contributed by atoms with Crippen LogP contribution in [-0.2, 0) is 0 Å². The minimum Gasteiger partial charge on any atom is -0.405 e. The van der Waals surface area contributed by atoms with Crippen LogP contribution in [0.15, 0.2) is 35.3 Å². The number of hydrogen-bond acceptors (Lipinski definition) is 3. The molecule has 0 aliphatic heterocycles. The van der Waals surface area contributed by atoms with Gasteiger partial charge in [-0.3, -0.25) is 0 Å². The lowest BCUT2D eigenvalue weighted by Crippen LogP contribution is -2.18. The molecule has 0 amide bonds. The van der Waals surface area contributed by atoms with Gasteiger partial charge in [0.2, 0.25) is 0 Å². The molecule has 0 saturated carbocycles. The van der Waals surface area contributed by atoms with Crippen LogP contribution in [0, 0.1) is 5.82 Å². The standard InChI is InChI=1S/C11H6F4N2O2/c12-7-5-16-10(18)17-9(7)6-3-1-2-4-8(6)19-11(13,14)15/h1-5H,(H,16,17,18). The van der Waals surface area contributed by atoms with E-state index in [1.165, 1.54) is 18.2 Å². The summed E-state index contributed by atoms with van der Waals surface area (Å²) in [5, 5.41) is 0. The third kappa shape index (κ3) is 3.09. The second-order valence-electron chi connectivity index (χ2n) is 3.46. The summed E-state index contributed by atoms with van der Waals surface area (Å²) in [6.07, 6.45) is -4.29. The third-order valence-electron chi connectivity index (χ3n) is 2.15. The van der Waals surface area contributed by atoms with Crippen molar-refractivity contribution < 1.29 is 22.3 Å². The summed E-state index contributed by atoms with van der Waals surface area (Å²) in [6.45, 7) is 0. The number of alkyl halides is 3. The van der Waals surface area contributed by atoms with Gasteiger partial charge in [-0.1, -0.05) is 12.1 Å². The number of benzene rings is 1. The van der Waals surface area contributed by atoms with Crippen molar-refractivity contribution in [1.82, 2.24) is 9.97 Å². The first kappa shape index (κ1) is 13.1. The molecule has 1 heterocycles. The molecule has 0 atom stereocenters. The summed E-state index contributed by atoms with van der Waals surface area (Å²) in [5.41, 5.74) is -1.52. The van der Waals surface area contributed by atoms with Crippen LogP contribution >= 0.6 is 0 Å². The maximum Gasteiger partial charge on any atom is 0.573 e. The fraction of sp³-hybridized carbons (Fsp3) is 0.0909. The number of nitrogens with zero attached hydrogens (tertiary/aromatic N) is 1. The van der Waals surface area contributed by atoms with E-state index in [4.69, 9.17) is 0 Å². The molecule has 1 aromatic carbocycles. The van der Waals surface area contributed by atoms with Gasteiger partial charge in [-0.05, 0) is 12.1 Å².